The maximum absolute atomic E-state index is 12.6. The number of hydrogen-bond acceptors (Lipinski definition) is 7. The molecular weight excluding hydrogens is 426 g/mol. The van der Waals surface area contributed by atoms with Gasteiger partial charge in [0.15, 0.2) is 11.2 Å². The van der Waals surface area contributed by atoms with Crippen molar-refractivity contribution in [3.05, 3.63) is 81.0 Å². The van der Waals surface area contributed by atoms with Gasteiger partial charge in [-0.2, -0.15) is 4.98 Å². The topological polar surface area (TPSA) is 123 Å². The molecule has 0 aliphatic rings. The molecule has 0 spiro atoms. The van der Waals surface area contributed by atoms with Gasteiger partial charge in [-0.1, -0.05) is 30.3 Å². The van der Waals surface area contributed by atoms with Gasteiger partial charge in [-0.25, -0.2) is 4.79 Å². The minimum atomic E-state index is -0.946. The van der Waals surface area contributed by atoms with Crippen LogP contribution in [0.2, 0.25) is 0 Å². The van der Waals surface area contributed by atoms with E-state index >= 15 is 0 Å². The van der Waals surface area contributed by atoms with E-state index in [1.807, 2.05) is 30.3 Å². The number of rotatable bonds is 9. The van der Waals surface area contributed by atoms with E-state index in [2.05, 4.69) is 15.3 Å². The number of fused-ring (bicyclic) bond motifs is 1. The molecule has 0 aliphatic heterocycles. The summed E-state index contributed by atoms with van der Waals surface area (Å²) >= 11 is 0. The fourth-order valence-electron chi connectivity index (χ4n) is 3.45. The van der Waals surface area contributed by atoms with E-state index < -0.39 is 17.4 Å². The fourth-order valence-corrected chi connectivity index (χ4v) is 3.45. The van der Waals surface area contributed by atoms with E-state index in [1.165, 1.54) is 11.6 Å². The number of ether oxygens (including phenoxy) is 2. The summed E-state index contributed by atoms with van der Waals surface area (Å²) in [7, 11) is 3.11. The first kappa shape index (κ1) is 22.2. The normalized spacial score (nSPS) is 12.0. The van der Waals surface area contributed by atoms with Gasteiger partial charge in [0.2, 0.25) is 5.95 Å². The first-order valence-corrected chi connectivity index (χ1v) is 10.4. The standard InChI is InChI=1S/C23H25N5O5/c1-27-20-19(21(30)26-23(27)31)28(22(25-20)24-12-15-6-4-3-5-7-15)13-16(29)14-33-18-10-8-17(32-2)9-11-18/h3-11,16,29H,12-14H2,1-2H3,(H,24,25)(H,26,30,31). The predicted molar refractivity (Wildman–Crippen MR) is 124 cm³/mol. The second-order valence-corrected chi connectivity index (χ2v) is 7.52. The largest absolute Gasteiger partial charge is 0.497 e. The van der Waals surface area contributed by atoms with E-state index in [9.17, 15) is 14.7 Å². The van der Waals surface area contributed by atoms with Gasteiger partial charge in [-0.05, 0) is 29.8 Å². The third kappa shape index (κ3) is 4.90. The smallest absolute Gasteiger partial charge is 0.329 e. The summed E-state index contributed by atoms with van der Waals surface area (Å²) in [4.78, 5) is 31.4. The number of H-pyrrole nitrogens is 1. The summed E-state index contributed by atoms with van der Waals surface area (Å²) in [6.45, 7) is 0.479. The highest BCUT2D eigenvalue weighted by atomic mass is 16.5. The third-order valence-electron chi connectivity index (χ3n) is 5.20. The van der Waals surface area contributed by atoms with Gasteiger partial charge in [0.25, 0.3) is 5.56 Å². The zero-order chi connectivity index (χ0) is 23.4. The quantitative estimate of drug-likeness (QED) is 0.352. The molecule has 10 heteroatoms. The van der Waals surface area contributed by atoms with Crippen LogP contribution in [-0.2, 0) is 20.1 Å². The molecule has 0 radical (unpaired) electrons. The van der Waals surface area contributed by atoms with Crippen LogP contribution in [0.3, 0.4) is 0 Å². The Labute approximate surface area is 189 Å². The molecule has 2 aromatic carbocycles. The van der Waals surface area contributed by atoms with Crippen molar-refractivity contribution in [2.75, 3.05) is 19.0 Å². The van der Waals surface area contributed by atoms with Crippen LogP contribution >= 0.6 is 0 Å². The highest BCUT2D eigenvalue weighted by Gasteiger charge is 2.20. The van der Waals surface area contributed by atoms with Gasteiger partial charge in [0.05, 0.1) is 13.7 Å². The van der Waals surface area contributed by atoms with Gasteiger partial charge in [0.1, 0.15) is 24.2 Å². The van der Waals surface area contributed by atoms with Gasteiger partial charge >= 0.3 is 5.69 Å². The maximum Gasteiger partial charge on any atom is 0.329 e. The molecule has 2 aromatic heterocycles. The molecule has 0 aliphatic carbocycles. The van der Waals surface area contributed by atoms with Crippen molar-refractivity contribution in [2.24, 2.45) is 7.05 Å². The molecule has 0 amide bonds. The number of methoxy groups -OCH3 is 1. The Morgan fingerprint density at radius 3 is 2.48 bits per heavy atom. The number of anilines is 1. The van der Waals surface area contributed by atoms with Crippen molar-refractivity contribution in [2.45, 2.75) is 19.2 Å². The molecule has 33 heavy (non-hydrogen) atoms. The lowest BCUT2D eigenvalue weighted by Gasteiger charge is -2.16. The summed E-state index contributed by atoms with van der Waals surface area (Å²) in [5.41, 5.74) is 0.299. The van der Waals surface area contributed by atoms with E-state index in [0.717, 1.165) is 5.56 Å². The molecule has 0 saturated carbocycles. The minimum absolute atomic E-state index is 0.00615. The minimum Gasteiger partial charge on any atom is -0.497 e. The number of benzene rings is 2. The summed E-state index contributed by atoms with van der Waals surface area (Å²) in [6, 6.07) is 16.7. The molecule has 0 bridgehead atoms. The summed E-state index contributed by atoms with van der Waals surface area (Å²) in [6.07, 6.45) is -0.946. The zero-order valence-corrected chi connectivity index (χ0v) is 18.3. The summed E-state index contributed by atoms with van der Waals surface area (Å²) in [5.74, 6) is 1.64. The van der Waals surface area contributed by atoms with Crippen LogP contribution in [-0.4, -0.2) is 44.0 Å². The highest BCUT2D eigenvalue weighted by Crippen LogP contribution is 2.19. The van der Waals surface area contributed by atoms with Crippen molar-refractivity contribution in [3.8, 4) is 11.5 Å². The number of imidazole rings is 1. The maximum atomic E-state index is 12.6. The van der Waals surface area contributed by atoms with Crippen LogP contribution in [0.15, 0.2) is 64.2 Å². The average Bonchev–Trinajstić information content (AvgIpc) is 3.19. The van der Waals surface area contributed by atoms with Gasteiger partial charge < -0.3 is 24.5 Å². The van der Waals surface area contributed by atoms with Crippen molar-refractivity contribution >= 4 is 17.1 Å². The second kappa shape index (κ2) is 9.61. The lowest BCUT2D eigenvalue weighted by Crippen LogP contribution is -2.31. The van der Waals surface area contributed by atoms with Crippen molar-refractivity contribution in [1.82, 2.24) is 19.1 Å². The Hall–Kier alpha value is -4.05. The van der Waals surface area contributed by atoms with Crippen molar-refractivity contribution < 1.29 is 14.6 Å². The molecular formula is C23H25N5O5. The molecule has 2 heterocycles. The Kier molecular flexibility index (Phi) is 6.45. The molecule has 1 unspecified atom stereocenters. The molecule has 0 saturated heterocycles. The number of aliphatic hydroxyl groups excluding tert-OH is 1. The van der Waals surface area contributed by atoms with Crippen LogP contribution < -0.4 is 26.0 Å². The summed E-state index contributed by atoms with van der Waals surface area (Å²) in [5, 5.41) is 13.9. The Bertz CT molecular complexity index is 1340. The van der Waals surface area contributed by atoms with Crippen LogP contribution in [0, 0.1) is 0 Å². The monoisotopic (exact) mass is 451 g/mol. The van der Waals surface area contributed by atoms with E-state index in [1.54, 1.807) is 35.9 Å². The van der Waals surface area contributed by atoms with Crippen molar-refractivity contribution in [3.63, 3.8) is 0 Å². The number of nitrogens with one attached hydrogen (secondary N) is 2. The lowest BCUT2D eigenvalue weighted by atomic mass is 10.2. The number of aromatic nitrogens is 4. The van der Waals surface area contributed by atoms with E-state index in [4.69, 9.17) is 9.47 Å². The summed E-state index contributed by atoms with van der Waals surface area (Å²) < 4.78 is 13.6. The fraction of sp³-hybridized carbons (Fsp3) is 0.261. The van der Waals surface area contributed by atoms with Crippen LogP contribution in [0.5, 0.6) is 11.5 Å². The average molecular weight is 451 g/mol. The number of aromatic amines is 1. The number of aliphatic hydroxyl groups is 1. The first-order chi connectivity index (χ1) is 16.0. The van der Waals surface area contributed by atoms with Crippen molar-refractivity contribution in [1.29, 1.82) is 0 Å². The highest BCUT2D eigenvalue weighted by molar-refractivity contribution is 5.74. The Balaban J connectivity index is 1.58. The Morgan fingerprint density at radius 1 is 1.09 bits per heavy atom. The molecule has 4 rings (SSSR count). The number of nitrogens with zero attached hydrogens (tertiary/aromatic N) is 3. The van der Waals surface area contributed by atoms with Crippen LogP contribution in [0.25, 0.3) is 11.2 Å². The molecule has 10 nitrogen and oxygen atoms in total. The molecule has 4 aromatic rings. The van der Waals surface area contributed by atoms with Gasteiger partial charge in [-0.3, -0.25) is 14.3 Å². The lowest BCUT2D eigenvalue weighted by molar-refractivity contribution is 0.0938. The van der Waals surface area contributed by atoms with E-state index in [-0.39, 0.29) is 24.3 Å². The Morgan fingerprint density at radius 2 is 1.79 bits per heavy atom. The molecule has 0 fully saturated rings. The first-order valence-electron chi connectivity index (χ1n) is 10.4. The van der Waals surface area contributed by atoms with Crippen LogP contribution in [0.1, 0.15) is 5.56 Å². The SMILES string of the molecule is COc1ccc(OCC(O)Cn2c(NCc3ccccc3)nc3c2c(=O)[nH]c(=O)n3C)cc1. The predicted octanol–water partition coefficient (Wildman–Crippen LogP) is 1.48. The van der Waals surface area contributed by atoms with Gasteiger partial charge in [-0.15, -0.1) is 0 Å². The van der Waals surface area contributed by atoms with Gasteiger partial charge in [0, 0.05) is 13.6 Å². The molecule has 172 valence electrons. The second-order valence-electron chi connectivity index (χ2n) is 7.52. The van der Waals surface area contributed by atoms with E-state index in [0.29, 0.717) is 24.0 Å². The number of hydrogen-bond donors (Lipinski definition) is 3. The zero-order valence-electron chi connectivity index (χ0n) is 18.3. The van der Waals surface area contributed by atoms with Crippen LogP contribution in [0.4, 0.5) is 5.95 Å². The molecule has 3 N–H and O–H groups in total. The molecule has 1 atom stereocenters. The number of aryl methyl sites for hydroxylation is 1. The third-order valence-corrected chi connectivity index (χ3v) is 5.20.